The maximum absolute atomic E-state index is 11.8. The molecule has 1 atom stereocenters. The Morgan fingerprint density at radius 1 is 1.53 bits per heavy atom. The van der Waals surface area contributed by atoms with Crippen LogP contribution in [0.5, 0.6) is 0 Å². The van der Waals surface area contributed by atoms with Crippen molar-refractivity contribution in [1.29, 1.82) is 0 Å². The van der Waals surface area contributed by atoms with Gasteiger partial charge in [0.15, 0.2) is 0 Å². The highest BCUT2D eigenvalue weighted by Gasteiger charge is 2.20. The highest BCUT2D eigenvalue weighted by Crippen LogP contribution is 2.04. The molecule has 0 bridgehead atoms. The fourth-order valence-electron chi connectivity index (χ4n) is 1.48. The van der Waals surface area contributed by atoms with Crippen molar-refractivity contribution in [2.75, 3.05) is 0 Å². The van der Waals surface area contributed by atoms with E-state index in [1.165, 1.54) is 4.68 Å². The number of carboxylic acids is 1. The third kappa shape index (κ3) is 3.05. The van der Waals surface area contributed by atoms with Crippen molar-refractivity contribution in [1.82, 2.24) is 15.1 Å². The number of hydrogen-bond donors (Lipinski definition) is 2. The van der Waals surface area contributed by atoms with Crippen LogP contribution in [0, 0.1) is 0 Å². The van der Waals surface area contributed by atoms with Gasteiger partial charge in [-0.1, -0.05) is 13.8 Å². The molecule has 0 unspecified atom stereocenters. The van der Waals surface area contributed by atoms with Crippen LogP contribution < -0.4 is 5.32 Å². The van der Waals surface area contributed by atoms with Crippen molar-refractivity contribution in [2.45, 2.75) is 32.7 Å². The van der Waals surface area contributed by atoms with Gasteiger partial charge < -0.3 is 10.4 Å². The van der Waals surface area contributed by atoms with Crippen molar-refractivity contribution in [3.63, 3.8) is 0 Å². The lowest BCUT2D eigenvalue weighted by Crippen LogP contribution is -2.40. The number of nitrogens with one attached hydrogen (secondary N) is 1. The zero-order valence-electron chi connectivity index (χ0n) is 10.2. The SMILES string of the molecule is CCc1cc(C(=O)N[C@@H](CC)C(=O)O)n(C)n1. The Hall–Kier alpha value is -1.85. The average Bonchev–Trinajstić information content (AvgIpc) is 2.66. The molecular formula is C11H17N3O3. The van der Waals surface area contributed by atoms with E-state index >= 15 is 0 Å². The molecule has 6 nitrogen and oxygen atoms in total. The monoisotopic (exact) mass is 239 g/mol. The van der Waals surface area contributed by atoms with Gasteiger partial charge in [0.05, 0.1) is 5.69 Å². The Balaban J connectivity index is 2.82. The summed E-state index contributed by atoms with van der Waals surface area (Å²) in [4.78, 5) is 22.6. The molecule has 0 fully saturated rings. The lowest BCUT2D eigenvalue weighted by atomic mass is 10.2. The highest BCUT2D eigenvalue weighted by molar-refractivity contribution is 5.95. The molecule has 1 aromatic heterocycles. The van der Waals surface area contributed by atoms with E-state index in [0.717, 1.165) is 12.1 Å². The second kappa shape index (κ2) is 5.47. The van der Waals surface area contributed by atoms with E-state index in [9.17, 15) is 9.59 Å². The van der Waals surface area contributed by atoms with E-state index in [0.29, 0.717) is 12.1 Å². The Labute approximate surface area is 99.6 Å². The first kappa shape index (κ1) is 13.2. The van der Waals surface area contributed by atoms with Crippen molar-refractivity contribution in [3.05, 3.63) is 17.5 Å². The van der Waals surface area contributed by atoms with Crippen molar-refractivity contribution >= 4 is 11.9 Å². The van der Waals surface area contributed by atoms with Crippen LogP contribution in [0.25, 0.3) is 0 Å². The summed E-state index contributed by atoms with van der Waals surface area (Å²) in [7, 11) is 1.66. The lowest BCUT2D eigenvalue weighted by molar-refractivity contribution is -0.139. The molecule has 2 N–H and O–H groups in total. The number of carbonyl (C=O) groups is 2. The number of carboxylic acid groups (broad SMARTS) is 1. The number of amides is 1. The largest absolute Gasteiger partial charge is 0.480 e. The Morgan fingerprint density at radius 2 is 2.18 bits per heavy atom. The van der Waals surface area contributed by atoms with Gasteiger partial charge in [0, 0.05) is 7.05 Å². The van der Waals surface area contributed by atoms with Gasteiger partial charge in [0.1, 0.15) is 11.7 Å². The number of carbonyl (C=O) groups excluding carboxylic acids is 1. The maximum Gasteiger partial charge on any atom is 0.326 e. The van der Waals surface area contributed by atoms with Crippen LogP contribution in [0.2, 0.25) is 0 Å². The van der Waals surface area contributed by atoms with Gasteiger partial charge in [-0.05, 0) is 18.9 Å². The van der Waals surface area contributed by atoms with Crippen LogP contribution in [-0.2, 0) is 18.3 Å². The number of aliphatic carboxylic acids is 1. The zero-order valence-corrected chi connectivity index (χ0v) is 10.2. The third-order valence-electron chi connectivity index (χ3n) is 2.54. The predicted molar refractivity (Wildman–Crippen MR) is 61.8 cm³/mol. The fraction of sp³-hybridized carbons (Fsp3) is 0.545. The van der Waals surface area contributed by atoms with Gasteiger partial charge in [0.25, 0.3) is 5.91 Å². The van der Waals surface area contributed by atoms with E-state index in [1.807, 2.05) is 6.92 Å². The normalized spacial score (nSPS) is 12.2. The topological polar surface area (TPSA) is 84.2 Å². The minimum Gasteiger partial charge on any atom is -0.480 e. The van der Waals surface area contributed by atoms with E-state index < -0.39 is 17.9 Å². The average molecular weight is 239 g/mol. The second-order valence-corrected chi connectivity index (χ2v) is 3.77. The first-order valence-electron chi connectivity index (χ1n) is 5.56. The van der Waals surface area contributed by atoms with Crippen LogP contribution in [0.1, 0.15) is 36.5 Å². The number of aryl methyl sites for hydroxylation is 2. The summed E-state index contributed by atoms with van der Waals surface area (Å²) in [6.45, 7) is 3.65. The summed E-state index contributed by atoms with van der Waals surface area (Å²) in [5.74, 6) is -1.44. The molecule has 1 aromatic rings. The molecule has 0 aliphatic carbocycles. The number of rotatable bonds is 5. The first-order chi connectivity index (χ1) is 7.99. The molecule has 1 heterocycles. The summed E-state index contributed by atoms with van der Waals surface area (Å²) in [6.07, 6.45) is 1.08. The summed E-state index contributed by atoms with van der Waals surface area (Å²) >= 11 is 0. The Morgan fingerprint density at radius 3 is 2.59 bits per heavy atom. The minimum atomic E-state index is -1.03. The molecule has 0 aromatic carbocycles. The van der Waals surface area contributed by atoms with Crippen molar-refractivity contribution < 1.29 is 14.7 Å². The third-order valence-corrected chi connectivity index (χ3v) is 2.54. The second-order valence-electron chi connectivity index (χ2n) is 3.77. The number of hydrogen-bond acceptors (Lipinski definition) is 3. The molecular weight excluding hydrogens is 222 g/mol. The van der Waals surface area contributed by atoms with Crippen LogP contribution in [0.4, 0.5) is 0 Å². The van der Waals surface area contributed by atoms with Gasteiger partial charge >= 0.3 is 5.97 Å². The van der Waals surface area contributed by atoms with E-state index in [1.54, 1.807) is 20.0 Å². The fourth-order valence-corrected chi connectivity index (χ4v) is 1.48. The van der Waals surface area contributed by atoms with Crippen molar-refractivity contribution in [2.24, 2.45) is 7.05 Å². The van der Waals surface area contributed by atoms with Crippen LogP contribution in [0.3, 0.4) is 0 Å². The molecule has 94 valence electrons. The molecule has 6 heteroatoms. The molecule has 17 heavy (non-hydrogen) atoms. The van der Waals surface area contributed by atoms with E-state index in [-0.39, 0.29) is 0 Å². The lowest BCUT2D eigenvalue weighted by Gasteiger charge is -2.11. The van der Waals surface area contributed by atoms with Crippen LogP contribution in [0.15, 0.2) is 6.07 Å². The molecule has 1 rings (SSSR count). The summed E-state index contributed by atoms with van der Waals surface area (Å²) in [5.41, 5.74) is 1.18. The predicted octanol–water partition coefficient (Wildman–Crippen LogP) is 0.575. The first-order valence-corrected chi connectivity index (χ1v) is 5.56. The zero-order chi connectivity index (χ0) is 13.0. The Kier molecular flexibility index (Phi) is 4.25. The van der Waals surface area contributed by atoms with Gasteiger partial charge in [0.2, 0.25) is 0 Å². The Bertz CT molecular complexity index is 426. The van der Waals surface area contributed by atoms with Gasteiger partial charge in [-0.2, -0.15) is 5.10 Å². The minimum absolute atomic E-state index is 0.347. The summed E-state index contributed by atoms with van der Waals surface area (Å²) < 4.78 is 1.46. The number of nitrogens with zero attached hydrogens (tertiary/aromatic N) is 2. The quantitative estimate of drug-likeness (QED) is 0.787. The molecule has 0 aliphatic heterocycles. The maximum atomic E-state index is 11.8. The number of aromatic nitrogens is 2. The van der Waals surface area contributed by atoms with E-state index in [2.05, 4.69) is 10.4 Å². The molecule has 1 amide bonds. The molecule has 0 radical (unpaired) electrons. The van der Waals surface area contributed by atoms with Crippen molar-refractivity contribution in [3.8, 4) is 0 Å². The van der Waals surface area contributed by atoms with Gasteiger partial charge in [-0.25, -0.2) is 4.79 Å². The standard InChI is InChI=1S/C11H17N3O3/c1-4-7-6-9(14(3)13-7)10(15)12-8(5-2)11(16)17/h6,8H,4-5H2,1-3H3,(H,12,15)(H,16,17)/t8-/m0/s1. The summed E-state index contributed by atoms with van der Waals surface area (Å²) in [6, 6.07) is 0.812. The molecule has 0 saturated heterocycles. The summed E-state index contributed by atoms with van der Waals surface area (Å²) in [5, 5.41) is 15.5. The van der Waals surface area contributed by atoms with Gasteiger partial charge in [-0.3, -0.25) is 9.48 Å². The smallest absolute Gasteiger partial charge is 0.326 e. The van der Waals surface area contributed by atoms with Crippen LogP contribution >= 0.6 is 0 Å². The highest BCUT2D eigenvalue weighted by atomic mass is 16.4. The van der Waals surface area contributed by atoms with Gasteiger partial charge in [-0.15, -0.1) is 0 Å². The van der Waals surface area contributed by atoms with Crippen LogP contribution in [-0.4, -0.2) is 32.8 Å². The van der Waals surface area contributed by atoms with E-state index in [4.69, 9.17) is 5.11 Å². The molecule has 0 saturated carbocycles. The molecule has 0 aliphatic rings. The molecule has 0 spiro atoms.